The van der Waals surface area contributed by atoms with E-state index in [9.17, 15) is 4.79 Å². The first-order valence-electron chi connectivity index (χ1n) is 8.11. The number of nitrogens with zero attached hydrogens (tertiary/aromatic N) is 5. The minimum absolute atomic E-state index is 0.124. The average Bonchev–Trinajstić information content (AvgIpc) is 3.10. The van der Waals surface area contributed by atoms with Gasteiger partial charge in [0.2, 0.25) is 5.16 Å². The molecule has 3 aromatic rings. The molecular weight excluding hydrogens is 386 g/mol. The molecule has 2 heterocycles. The van der Waals surface area contributed by atoms with Crippen LogP contribution in [-0.4, -0.2) is 44.4 Å². The van der Waals surface area contributed by atoms with Gasteiger partial charge in [0.25, 0.3) is 0 Å². The highest BCUT2D eigenvalue weighted by molar-refractivity contribution is 7.99. The predicted octanol–water partition coefficient (Wildman–Crippen LogP) is 3.53. The molecule has 0 aliphatic rings. The van der Waals surface area contributed by atoms with Gasteiger partial charge in [-0.3, -0.25) is 9.78 Å². The SMILES string of the molecule is CCOC(=O)CSc1nnc(-c2ccncc2)n1/N=C/c1ccc(Cl)cc1. The third kappa shape index (κ3) is 5.15. The third-order valence-corrected chi connectivity index (χ3v) is 4.51. The summed E-state index contributed by atoms with van der Waals surface area (Å²) in [5.41, 5.74) is 1.68. The van der Waals surface area contributed by atoms with Crippen molar-refractivity contribution in [2.75, 3.05) is 12.4 Å². The summed E-state index contributed by atoms with van der Waals surface area (Å²) in [6, 6.07) is 10.9. The van der Waals surface area contributed by atoms with Gasteiger partial charge in [0, 0.05) is 23.0 Å². The van der Waals surface area contributed by atoms with Crippen LogP contribution in [0.25, 0.3) is 11.4 Å². The average molecular weight is 402 g/mol. The second-order valence-corrected chi connectivity index (χ2v) is 6.62. The zero-order valence-corrected chi connectivity index (χ0v) is 16.0. The molecule has 7 nitrogen and oxygen atoms in total. The second kappa shape index (κ2) is 9.29. The van der Waals surface area contributed by atoms with Crippen molar-refractivity contribution in [2.24, 2.45) is 5.10 Å². The summed E-state index contributed by atoms with van der Waals surface area (Å²) in [6.07, 6.45) is 5.02. The van der Waals surface area contributed by atoms with E-state index in [0.717, 1.165) is 11.1 Å². The van der Waals surface area contributed by atoms with Crippen LogP contribution in [0.3, 0.4) is 0 Å². The van der Waals surface area contributed by atoms with Crippen molar-refractivity contribution in [3.8, 4) is 11.4 Å². The molecule has 0 bridgehead atoms. The van der Waals surface area contributed by atoms with Crippen molar-refractivity contribution < 1.29 is 9.53 Å². The van der Waals surface area contributed by atoms with Crippen molar-refractivity contribution in [3.63, 3.8) is 0 Å². The summed E-state index contributed by atoms with van der Waals surface area (Å²) < 4.78 is 6.55. The second-order valence-electron chi connectivity index (χ2n) is 5.24. The first-order valence-corrected chi connectivity index (χ1v) is 9.48. The summed E-state index contributed by atoms with van der Waals surface area (Å²) >= 11 is 7.13. The van der Waals surface area contributed by atoms with Crippen LogP contribution in [0.4, 0.5) is 0 Å². The number of esters is 1. The Morgan fingerprint density at radius 1 is 1.22 bits per heavy atom. The lowest BCUT2D eigenvalue weighted by Gasteiger charge is -2.04. The van der Waals surface area contributed by atoms with Crippen molar-refractivity contribution in [3.05, 3.63) is 59.4 Å². The van der Waals surface area contributed by atoms with E-state index in [1.165, 1.54) is 11.8 Å². The molecule has 27 heavy (non-hydrogen) atoms. The van der Waals surface area contributed by atoms with E-state index in [1.807, 2.05) is 24.3 Å². The molecule has 0 aliphatic carbocycles. The van der Waals surface area contributed by atoms with Crippen LogP contribution in [0.1, 0.15) is 12.5 Å². The summed E-state index contributed by atoms with van der Waals surface area (Å²) in [5.74, 6) is 0.358. The first kappa shape index (κ1) is 19.1. The maximum atomic E-state index is 11.7. The largest absolute Gasteiger partial charge is 0.465 e. The van der Waals surface area contributed by atoms with Crippen molar-refractivity contribution in [2.45, 2.75) is 12.1 Å². The Bertz CT molecular complexity index is 929. The molecule has 0 unspecified atom stereocenters. The highest BCUT2D eigenvalue weighted by atomic mass is 35.5. The minimum Gasteiger partial charge on any atom is -0.465 e. The van der Waals surface area contributed by atoms with Gasteiger partial charge < -0.3 is 4.74 Å². The summed E-state index contributed by atoms with van der Waals surface area (Å²) in [5, 5.41) is 14.0. The van der Waals surface area contributed by atoms with Crippen LogP contribution >= 0.6 is 23.4 Å². The van der Waals surface area contributed by atoms with Gasteiger partial charge in [-0.25, -0.2) is 0 Å². The van der Waals surface area contributed by atoms with E-state index in [-0.39, 0.29) is 11.7 Å². The lowest BCUT2D eigenvalue weighted by Crippen LogP contribution is -2.07. The predicted molar refractivity (Wildman–Crippen MR) is 105 cm³/mol. The molecule has 9 heteroatoms. The van der Waals surface area contributed by atoms with Crippen LogP contribution in [0.15, 0.2) is 59.0 Å². The van der Waals surface area contributed by atoms with E-state index >= 15 is 0 Å². The summed E-state index contributed by atoms with van der Waals surface area (Å²) in [7, 11) is 0. The molecule has 0 spiro atoms. The number of ether oxygens (including phenoxy) is 1. The number of aromatic nitrogens is 4. The summed E-state index contributed by atoms with van der Waals surface area (Å²) in [4.78, 5) is 15.7. The number of hydrogen-bond donors (Lipinski definition) is 0. The number of rotatable bonds is 7. The van der Waals surface area contributed by atoms with Crippen molar-refractivity contribution >= 4 is 35.5 Å². The number of carbonyl (C=O) groups is 1. The zero-order chi connectivity index (χ0) is 19.1. The van der Waals surface area contributed by atoms with E-state index in [2.05, 4.69) is 20.3 Å². The van der Waals surface area contributed by atoms with Crippen LogP contribution in [0, 0.1) is 0 Å². The molecule has 0 saturated heterocycles. The Morgan fingerprint density at radius 2 is 1.96 bits per heavy atom. The fraction of sp³-hybridized carbons (Fsp3) is 0.167. The Labute approximate surface area is 165 Å². The minimum atomic E-state index is -0.316. The fourth-order valence-corrected chi connectivity index (χ4v) is 2.95. The summed E-state index contributed by atoms with van der Waals surface area (Å²) in [6.45, 7) is 2.10. The molecule has 0 fully saturated rings. The van der Waals surface area contributed by atoms with Gasteiger partial charge in [-0.2, -0.15) is 9.78 Å². The molecule has 0 saturated carbocycles. The van der Waals surface area contributed by atoms with Gasteiger partial charge in [-0.05, 0) is 36.8 Å². The number of hydrogen-bond acceptors (Lipinski definition) is 7. The number of pyridine rings is 1. The Morgan fingerprint density at radius 3 is 2.67 bits per heavy atom. The number of thioether (sulfide) groups is 1. The van der Waals surface area contributed by atoms with Crippen LogP contribution in [0.2, 0.25) is 5.02 Å². The molecule has 0 aliphatic heterocycles. The van der Waals surface area contributed by atoms with Gasteiger partial charge in [0.15, 0.2) is 5.82 Å². The van der Waals surface area contributed by atoms with Crippen LogP contribution in [-0.2, 0) is 9.53 Å². The molecule has 0 radical (unpaired) electrons. The maximum absolute atomic E-state index is 11.7. The normalized spacial score (nSPS) is 11.0. The monoisotopic (exact) mass is 401 g/mol. The van der Waals surface area contributed by atoms with Gasteiger partial charge in [-0.1, -0.05) is 35.5 Å². The highest BCUT2D eigenvalue weighted by Crippen LogP contribution is 2.23. The first-order chi connectivity index (χ1) is 13.2. The molecule has 0 amide bonds. The lowest BCUT2D eigenvalue weighted by atomic mass is 10.2. The Balaban J connectivity index is 1.90. The van der Waals surface area contributed by atoms with Gasteiger partial charge in [-0.15, -0.1) is 10.2 Å². The number of benzene rings is 1. The maximum Gasteiger partial charge on any atom is 0.316 e. The van der Waals surface area contributed by atoms with Crippen LogP contribution in [0.5, 0.6) is 0 Å². The molecular formula is C18H16ClN5O2S. The van der Waals surface area contributed by atoms with E-state index < -0.39 is 0 Å². The number of halogens is 1. The molecule has 1 aromatic carbocycles. The van der Waals surface area contributed by atoms with Crippen molar-refractivity contribution in [1.82, 2.24) is 19.9 Å². The van der Waals surface area contributed by atoms with Crippen molar-refractivity contribution in [1.29, 1.82) is 0 Å². The Kier molecular flexibility index (Phi) is 6.56. The molecule has 0 atom stereocenters. The quantitative estimate of drug-likeness (QED) is 0.342. The van der Waals surface area contributed by atoms with E-state index in [4.69, 9.17) is 16.3 Å². The molecule has 0 N–H and O–H groups in total. The van der Waals surface area contributed by atoms with Gasteiger partial charge >= 0.3 is 5.97 Å². The smallest absolute Gasteiger partial charge is 0.316 e. The van der Waals surface area contributed by atoms with Gasteiger partial charge in [0.05, 0.1) is 18.6 Å². The Hall–Kier alpha value is -2.71. The van der Waals surface area contributed by atoms with E-state index in [1.54, 1.807) is 42.3 Å². The topological polar surface area (TPSA) is 82.3 Å². The third-order valence-electron chi connectivity index (χ3n) is 3.37. The number of carbonyl (C=O) groups excluding carboxylic acids is 1. The highest BCUT2D eigenvalue weighted by Gasteiger charge is 2.15. The van der Waals surface area contributed by atoms with Crippen LogP contribution < -0.4 is 0 Å². The molecule has 3 rings (SSSR count). The zero-order valence-electron chi connectivity index (χ0n) is 14.4. The van der Waals surface area contributed by atoms with E-state index in [0.29, 0.717) is 22.6 Å². The molecule has 138 valence electrons. The lowest BCUT2D eigenvalue weighted by molar-refractivity contribution is -0.139. The van der Waals surface area contributed by atoms with Gasteiger partial charge in [0.1, 0.15) is 0 Å². The molecule has 2 aromatic heterocycles. The standard InChI is InChI=1S/C18H16ClN5O2S/c1-2-26-16(25)12-27-18-23-22-17(14-7-9-20-10-8-14)24(18)21-11-13-3-5-15(19)6-4-13/h3-11H,2,12H2,1H3/b21-11+. The fourth-order valence-electron chi connectivity index (χ4n) is 2.14.